The van der Waals surface area contributed by atoms with Crippen LogP contribution in [-0.2, 0) is 84.0 Å². The number of benzene rings is 4. The lowest BCUT2D eigenvalue weighted by atomic mass is 9.49. The number of aliphatic hydroxyl groups excluding tert-OH is 3. The molecule has 4 aromatic carbocycles. The molecular formula is C58H71B3Br2Cl3F7N6O10S. The fourth-order valence-corrected chi connectivity index (χ4v) is 8.80. The topological polar surface area (TPSA) is 187 Å². The van der Waals surface area contributed by atoms with Crippen LogP contribution in [0.15, 0.2) is 100 Å². The highest BCUT2D eigenvalue weighted by molar-refractivity contribution is 9.10. The average molecular weight is 1480 g/mol. The molecule has 10 rings (SSSR count). The van der Waals surface area contributed by atoms with E-state index in [1.165, 1.54) is 18.2 Å². The van der Waals surface area contributed by atoms with Crippen LogP contribution in [0.25, 0.3) is 22.5 Å². The second-order valence-corrected chi connectivity index (χ2v) is 27.7. The molecule has 0 spiro atoms. The Hall–Kier alpha value is -4.17. The molecule has 3 fully saturated rings. The number of aromatic nitrogens is 6. The Balaban J connectivity index is 0.000000232. The van der Waals surface area contributed by atoms with E-state index in [1.54, 1.807) is 64.8 Å². The van der Waals surface area contributed by atoms with Crippen molar-refractivity contribution in [2.24, 2.45) is 21.1 Å². The standard InChI is InChI=1S/C13H17BF2O3.C12H24B2O4.C11H9ClF2N2.C11H10F2N2O.C7H6BrFO.C4H5BrN2.Cl2OS/c1-12(2)13(3,4)19-14(18-12)8-5-10(15)9(7-17)11(16)6-8;1-9(2)10(3,4)16-13(15-9)14-17-11(5,6)12(7,8)18-14;1-16-3-2-11(15-16)7-4-9(13)8(6-12)10(14)5-7;1-15-3-2-11(14-15)7-4-9(12)8(6-16)10(13)5-7;8-6-2-1-5(4-10)7(9)3-6;1-7-3-2-4(5)6-7;1-4(2)3/h5-6,17H,7H2,1-4H3;1-8H3;2-5H,6H2,1H3;2-5,16H,6H2,1H3;1-3,10H,4H2;2-3H,1H3;. The molecule has 492 valence electrons. The Morgan fingerprint density at radius 1 is 0.478 bits per heavy atom. The number of alkyl halides is 1. The van der Waals surface area contributed by atoms with Crippen molar-refractivity contribution in [2.75, 3.05) is 0 Å². The molecule has 90 heavy (non-hydrogen) atoms. The van der Waals surface area contributed by atoms with Crippen molar-refractivity contribution in [3.05, 3.63) is 163 Å². The molecule has 3 N–H and O–H groups in total. The summed E-state index contributed by atoms with van der Waals surface area (Å²) in [6, 6.07) is 16.9. The Labute approximate surface area is 554 Å². The van der Waals surface area contributed by atoms with Gasteiger partial charge in [-0.1, -0.05) is 22.0 Å². The number of hydrogen-bond donors (Lipinski definition) is 3. The van der Waals surface area contributed by atoms with Gasteiger partial charge in [-0.05, 0) is 171 Å². The zero-order valence-corrected chi connectivity index (χ0v) is 58.3. The molecule has 0 amide bonds. The summed E-state index contributed by atoms with van der Waals surface area (Å²) in [5.41, 5.74) is -0.982. The maximum Gasteiger partial charge on any atom is 0.495 e. The Morgan fingerprint density at radius 3 is 1.07 bits per heavy atom. The maximum absolute atomic E-state index is 13.6. The van der Waals surface area contributed by atoms with Crippen LogP contribution >= 0.6 is 64.8 Å². The smallest absolute Gasteiger partial charge is 0.405 e. The van der Waals surface area contributed by atoms with Gasteiger partial charge < -0.3 is 43.2 Å². The van der Waals surface area contributed by atoms with Gasteiger partial charge in [-0.2, -0.15) is 15.3 Å². The van der Waals surface area contributed by atoms with Gasteiger partial charge in [-0.3, -0.25) is 14.0 Å². The number of hydrogen-bond acceptors (Lipinski definition) is 13. The van der Waals surface area contributed by atoms with E-state index in [0.29, 0.717) is 32.6 Å². The van der Waals surface area contributed by atoms with E-state index in [-0.39, 0.29) is 62.9 Å². The van der Waals surface area contributed by atoms with Crippen molar-refractivity contribution < 1.29 is 78.2 Å². The fraction of sp³-hybridized carbons (Fsp3) is 0.431. The second-order valence-electron chi connectivity index (χ2n) is 23.2. The highest BCUT2D eigenvalue weighted by atomic mass is 79.9. The third kappa shape index (κ3) is 21.2. The van der Waals surface area contributed by atoms with Gasteiger partial charge >= 0.3 is 21.1 Å². The van der Waals surface area contributed by atoms with Gasteiger partial charge in [-0.15, -0.1) is 11.6 Å². The lowest BCUT2D eigenvalue weighted by molar-refractivity contribution is 0.00578. The van der Waals surface area contributed by atoms with Crippen LogP contribution in [0.1, 0.15) is 105 Å². The molecule has 3 saturated heterocycles. The predicted molar refractivity (Wildman–Crippen MR) is 344 cm³/mol. The van der Waals surface area contributed by atoms with Gasteiger partial charge in [0, 0.05) is 99.0 Å². The first-order valence-electron chi connectivity index (χ1n) is 27.3. The molecular weight excluding hydrogens is 1400 g/mol. The van der Waals surface area contributed by atoms with E-state index < -0.39 is 89.7 Å². The molecule has 16 nitrogen and oxygen atoms in total. The zero-order valence-electron chi connectivity index (χ0n) is 52.0. The van der Waals surface area contributed by atoms with Crippen LogP contribution in [-0.4, -0.2) is 104 Å². The molecule has 0 aliphatic carbocycles. The average Bonchev–Trinajstić information content (AvgIpc) is 1.61. The summed E-state index contributed by atoms with van der Waals surface area (Å²) >= 11 is 11.7. The van der Waals surface area contributed by atoms with Gasteiger partial charge in [0.1, 0.15) is 45.3 Å². The van der Waals surface area contributed by atoms with Crippen LogP contribution < -0.4 is 5.46 Å². The molecule has 0 unspecified atom stereocenters. The summed E-state index contributed by atoms with van der Waals surface area (Å²) in [5.74, 6) is -4.96. The van der Waals surface area contributed by atoms with E-state index in [2.05, 4.69) is 68.5 Å². The first kappa shape index (κ1) is 78.3. The molecule has 0 atom stereocenters. The predicted octanol–water partition coefficient (Wildman–Crippen LogP) is 13.3. The van der Waals surface area contributed by atoms with Gasteiger partial charge in [0.2, 0.25) is 9.23 Å². The molecule has 0 saturated carbocycles. The SMILES string of the molecule is CC1(C)OB(B2OC(C)(C)C(C)(C)O2)OC1(C)C.CC1(C)OB(c2cc(F)c(CO)c(F)c2)OC1(C)C.Cn1ccc(-c2cc(F)c(CCl)c(F)c2)n1.Cn1ccc(-c2cc(F)c(CO)c(F)c2)n1.Cn1ccc(Br)n1.O=S(Cl)Cl.OCc1ccc(Br)cc1F. The van der Waals surface area contributed by atoms with Crippen LogP contribution in [0, 0.1) is 40.7 Å². The molecule has 3 aliphatic rings. The van der Waals surface area contributed by atoms with E-state index in [0.717, 1.165) is 28.9 Å². The molecule has 7 aromatic rings. The molecule has 3 aromatic heterocycles. The summed E-state index contributed by atoms with van der Waals surface area (Å²) in [4.78, 5) is 0. The van der Waals surface area contributed by atoms with Crippen molar-refractivity contribution in [2.45, 2.75) is 142 Å². The van der Waals surface area contributed by atoms with Crippen molar-refractivity contribution in [1.82, 2.24) is 29.3 Å². The fourth-order valence-electron chi connectivity index (χ4n) is 7.84. The van der Waals surface area contributed by atoms with E-state index in [9.17, 15) is 30.7 Å². The summed E-state index contributed by atoms with van der Waals surface area (Å²) < 4.78 is 144. The number of aryl methyl sites for hydroxylation is 3. The van der Waals surface area contributed by atoms with E-state index in [4.69, 9.17) is 59.1 Å². The summed E-state index contributed by atoms with van der Waals surface area (Å²) in [7, 11) is 10.9. The minimum Gasteiger partial charge on any atom is -0.405 e. The molecule has 32 heteroatoms. The van der Waals surface area contributed by atoms with E-state index in [1.807, 2.05) is 102 Å². The number of nitrogens with zero attached hydrogens (tertiary/aromatic N) is 6. The molecule has 3 aliphatic heterocycles. The quantitative estimate of drug-likeness (QED) is 0.0565. The second kappa shape index (κ2) is 32.8. The third-order valence-electron chi connectivity index (χ3n) is 15.1. The van der Waals surface area contributed by atoms with Crippen LogP contribution in [0.4, 0.5) is 30.7 Å². The monoisotopic (exact) mass is 1470 g/mol. The van der Waals surface area contributed by atoms with Crippen LogP contribution in [0.3, 0.4) is 0 Å². The Kier molecular flexibility index (Phi) is 28.5. The number of halogens is 12. The van der Waals surface area contributed by atoms with E-state index >= 15 is 0 Å². The minimum absolute atomic E-state index is 0.110. The van der Waals surface area contributed by atoms with Crippen molar-refractivity contribution >= 4 is 101 Å². The highest BCUT2D eigenvalue weighted by Gasteiger charge is 2.64. The minimum atomic E-state index is -1.67. The van der Waals surface area contributed by atoms with Crippen molar-refractivity contribution in [3.8, 4) is 22.5 Å². The normalized spacial score (nSPS) is 16.9. The van der Waals surface area contributed by atoms with Gasteiger partial charge in [0.15, 0.2) is 0 Å². The van der Waals surface area contributed by atoms with Crippen LogP contribution in [0.5, 0.6) is 0 Å². The number of aliphatic hydroxyl groups is 3. The van der Waals surface area contributed by atoms with Crippen LogP contribution in [0.2, 0.25) is 0 Å². The van der Waals surface area contributed by atoms with Gasteiger partial charge in [0.05, 0.1) is 70.7 Å². The first-order valence-corrected chi connectivity index (χ1v) is 32.2. The number of rotatable bonds is 8. The molecule has 0 bridgehead atoms. The molecule has 6 heterocycles. The third-order valence-corrected chi connectivity index (χ3v) is 16.3. The maximum atomic E-state index is 13.6. The highest BCUT2D eigenvalue weighted by Crippen LogP contribution is 2.43. The lowest BCUT2D eigenvalue weighted by Gasteiger charge is -2.32. The summed E-state index contributed by atoms with van der Waals surface area (Å²) in [6.07, 6.45) is 5.27. The Morgan fingerprint density at radius 2 is 0.800 bits per heavy atom. The van der Waals surface area contributed by atoms with Gasteiger partial charge in [0.25, 0.3) is 0 Å². The van der Waals surface area contributed by atoms with Crippen molar-refractivity contribution in [1.29, 1.82) is 0 Å². The molecule has 0 radical (unpaired) electrons. The largest absolute Gasteiger partial charge is 0.495 e. The summed E-state index contributed by atoms with van der Waals surface area (Å²) in [5, 5.41) is 38.3. The zero-order chi connectivity index (χ0) is 68.2. The van der Waals surface area contributed by atoms with Gasteiger partial charge in [-0.25, -0.2) is 34.9 Å². The summed E-state index contributed by atoms with van der Waals surface area (Å²) in [6.45, 7) is 22.1. The first-order chi connectivity index (χ1) is 41.5. The Bertz CT molecular complexity index is 3290. The van der Waals surface area contributed by atoms with Crippen molar-refractivity contribution in [3.63, 3.8) is 0 Å². The lowest BCUT2D eigenvalue weighted by Crippen LogP contribution is -2.41.